The lowest BCUT2D eigenvalue weighted by molar-refractivity contribution is -0.141. The molecule has 1 heterocycles. The van der Waals surface area contributed by atoms with E-state index in [1.807, 2.05) is 13.0 Å². The highest BCUT2D eigenvalue weighted by molar-refractivity contribution is 6.00. The quantitative estimate of drug-likeness (QED) is 0.852. The number of aliphatic carboxylic acids is 1. The predicted molar refractivity (Wildman–Crippen MR) is 61.4 cm³/mol. The fourth-order valence-corrected chi connectivity index (χ4v) is 2.10. The van der Waals surface area contributed by atoms with Gasteiger partial charge in [-0.25, -0.2) is 0 Å². The molecular formula is C13H14O4. The Balaban J connectivity index is 2.37. The van der Waals surface area contributed by atoms with Crippen LogP contribution in [0.15, 0.2) is 18.2 Å². The van der Waals surface area contributed by atoms with Gasteiger partial charge in [-0.05, 0) is 31.5 Å². The summed E-state index contributed by atoms with van der Waals surface area (Å²) in [4.78, 5) is 22.7. The van der Waals surface area contributed by atoms with Crippen molar-refractivity contribution in [3.63, 3.8) is 0 Å². The monoisotopic (exact) mass is 234 g/mol. The second-order valence-electron chi connectivity index (χ2n) is 4.72. The molecule has 17 heavy (non-hydrogen) atoms. The summed E-state index contributed by atoms with van der Waals surface area (Å²) >= 11 is 0. The number of carboxylic acid groups (broad SMARTS) is 1. The zero-order valence-corrected chi connectivity index (χ0v) is 9.82. The number of fused-ring (bicyclic) bond motifs is 1. The molecule has 0 aromatic heterocycles. The van der Waals surface area contributed by atoms with Gasteiger partial charge in [0.15, 0.2) is 5.78 Å². The maximum absolute atomic E-state index is 11.9. The SMILES string of the molecule is Cc1ccc2c(c1)OC(C)(CC(=O)O)CC2=O. The molecule has 1 aliphatic heterocycles. The molecule has 1 aliphatic rings. The first-order chi connectivity index (χ1) is 7.89. The van der Waals surface area contributed by atoms with Gasteiger partial charge in [-0.3, -0.25) is 9.59 Å². The van der Waals surface area contributed by atoms with Gasteiger partial charge in [0.1, 0.15) is 11.4 Å². The van der Waals surface area contributed by atoms with Crippen LogP contribution in [-0.4, -0.2) is 22.5 Å². The zero-order chi connectivity index (χ0) is 12.6. The highest BCUT2D eigenvalue weighted by atomic mass is 16.5. The maximum Gasteiger partial charge on any atom is 0.307 e. The standard InChI is InChI=1S/C13H14O4/c1-8-3-4-9-10(14)6-13(2,7-12(15)16)17-11(9)5-8/h3-5H,6-7H2,1-2H3,(H,15,16). The Morgan fingerprint density at radius 2 is 2.24 bits per heavy atom. The van der Waals surface area contributed by atoms with Crippen LogP contribution in [-0.2, 0) is 4.79 Å². The van der Waals surface area contributed by atoms with E-state index in [0.717, 1.165) is 5.56 Å². The molecule has 1 unspecified atom stereocenters. The molecule has 1 N–H and O–H groups in total. The van der Waals surface area contributed by atoms with Gasteiger partial charge in [-0.15, -0.1) is 0 Å². The fourth-order valence-electron chi connectivity index (χ4n) is 2.10. The molecule has 1 aromatic carbocycles. The topological polar surface area (TPSA) is 63.6 Å². The van der Waals surface area contributed by atoms with Crippen LogP contribution in [0.25, 0.3) is 0 Å². The minimum absolute atomic E-state index is 0.0602. The Hall–Kier alpha value is -1.84. The largest absolute Gasteiger partial charge is 0.486 e. The van der Waals surface area contributed by atoms with Gasteiger partial charge in [0, 0.05) is 0 Å². The molecule has 90 valence electrons. The first kappa shape index (κ1) is 11.6. The molecule has 4 nitrogen and oxygen atoms in total. The Kier molecular flexibility index (Phi) is 2.65. The van der Waals surface area contributed by atoms with Gasteiger partial charge in [-0.2, -0.15) is 0 Å². The van der Waals surface area contributed by atoms with E-state index >= 15 is 0 Å². The number of carboxylic acids is 1. The van der Waals surface area contributed by atoms with Crippen molar-refractivity contribution in [3.05, 3.63) is 29.3 Å². The zero-order valence-electron chi connectivity index (χ0n) is 9.82. The van der Waals surface area contributed by atoms with Gasteiger partial charge < -0.3 is 9.84 Å². The number of carbonyl (C=O) groups is 2. The molecule has 1 aromatic rings. The van der Waals surface area contributed by atoms with Gasteiger partial charge in [0.2, 0.25) is 0 Å². The summed E-state index contributed by atoms with van der Waals surface area (Å²) in [5.41, 5.74) is 0.582. The predicted octanol–water partition coefficient (Wildman–Crippen LogP) is 2.19. The van der Waals surface area contributed by atoms with Crippen LogP contribution in [0, 0.1) is 6.92 Å². The molecule has 0 spiro atoms. The van der Waals surface area contributed by atoms with Crippen molar-refractivity contribution in [1.82, 2.24) is 0 Å². The average Bonchev–Trinajstić information content (AvgIpc) is 2.13. The first-order valence-electron chi connectivity index (χ1n) is 5.44. The summed E-state index contributed by atoms with van der Waals surface area (Å²) in [7, 11) is 0. The van der Waals surface area contributed by atoms with Crippen molar-refractivity contribution in [2.24, 2.45) is 0 Å². The van der Waals surface area contributed by atoms with Gasteiger partial charge >= 0.3 is 5.97 Å². The lowest BCUT2D eigenvalue weighted by Crippen LogP contribution is -2.41. The van der Waals surface area contributed by atoms with E-state index in [-0.39, 0.29) is 18.6 Å². The lowest BCUT2D eigenvalue weighted by Gasteiger charge is -2.33. The van der Waals surface area contributed by atoms with Gasteiger partial charge in [0.05, 0.1) is 18.4 Å². The number of hydrogen-bond donors (Lipinski definition) is 1. The molecule has 0 bridgehead atoms. The van der Waals surface area contributed by atoms with Crippen molar-refractivity contribution in [1.29, 1.82) is 0 Å². The van der Waals surface area contributed by atoms with Crippen molar-refractivity contribution >= 4 is 11.8 Å². The van der Waals surface area contributed by atoms with Crippen LogP contribution < -0.4 is 4.74 Å². The van der Waals surface area contributed by atoms with Crippen LogP contribution in [0.3, 0.4) is 0 Å². The molecule has 1 atom stereocenters. The third-order valence-electron chi connectivity index (χ3n) is 2.85. The highest BCUT2D eigenvalue weighted by Crippen LogP contribution is 2.35. The number of rotatable bonds is 2. The van der Waals surface area contributed by atoms with E-state index in [0.29, 0.717) is 11.3 Å². The molecule has 0 saturated heterocycles. The minimum atomic E-state index is -0.962. The van der Waals surface area contributed by atoms with Crippen LogP contribution >= 0.6 is 0 Å². The van der Waals surface area contributed by atoms with Crippen molar-refractivity contribution in [2.75, 3.05) is 0 Å². The van der Waals surface area contributed by atoms with Crippen LogP contribution in [0.1, 0.15) is 35.7 Å². The minimum Gasteiger partial charge on any atom is -0.486 e. The number of Topliss-reactive ketones (excluding diaryl/α,β-unsaturated/α-hetero) is 1. The highest BCUT2D eigenvalue weighted by Gasteiger charge is 2.38. The molecular weight excluding hydrogens is 220 g/mol. The van der Waals surface area contributed by atoms with Crippen molar-refractivity contribution < 1.29 is 19.4 Å². The van der Waals surface area contributed by atoms with Crippen molar-refractivity contribution in [2.45, 2.75) is 32.3 Å². The van der Waals surface area contributed by atoms with E-state index in [2.05, 4.69) is 0 Å². The Morgan fingerprint density at radius 3 is 2.88 bits per heavy atom. The normalized spacial score (nSPS) is 22.8. The molecule has 4 heteroatoms. The van der Waals surface area contributed by atoms with E-state index < -0.39 is 11.6 Å². The molecule has 0 saturated carbocycles. The van der Waals surface area contributed by atoms with E-state index in [1.54, 1.807) is 19.1 Å². The van der Waals surface area contributed by atoms with Crippen LogP contribution in [0.2, 0.25) is 0 Å². The molecule has 0 fully saturated rings. The summed E-state index contributed by atoms with van der Waals surface area (Å²) in [5.74, 6) is -0.531. The third kappa shape index (κ3) is 2.30. The second kappa shape index (κ2) is 3.87. The second-order valence-corrected chi connectivity index (χ2v) is 4.72. The maximum atomic E-state index is 11.9. The average molecular weight is 234 g/mol. The molecule has 2 rings (SSSR count). The van der Waals surface area contributed by atoms with E-state index in [1.165, 1.54) is 0 Å². The third-order valence-corrected chi connectivity index (χ3v) is 2.85. The van der Waals surface area contributed by atoms with E-state index in [4.69, 9.17) is 9.84 Å². The van der Waals surface area contributed by atoms with Crippen molar-refractivity contribution in [3.8, 4) is 5.75 Å². The number of ketones is 1. The Morgan fingerprint density at radius 1 is 1.53 bits per heavy atom. The summed E-state index contributed by atoms with van der Waals surface area (Å²) in [6, 6.07) is 5.35. The number of hydrogen-bond acceptors (Lipinski definition) is 3. The Labute approximate surface area is 99.2 Å². The van der Waals surface area contributed by atoms with Crippen LogP contribution in [0.5, 0.6) is 5.75 Å². The number of carbonyl (C=O) groups excluding carboxylic acids is 1. The molecule has 0 aliphatic carbocycles. The first-order valence-corrected chi connectivity index (χ1v) is 5.44. The van der Waals surface area contributed by atoms with Crippen LogP contribution in [0.4, 0.5) is 0 Å². The number of benzene rings is 1. The Bertz CT molecular complexity index is 492. The lowest BCUT2D eigenvalue weighted by atomic mass is 9.88. The number of ether oxygens (including phenoxy) is 1. The molecule has 0 amide bonds. The summed E-state index contributed by atoms with van der Waals surface area (Å²) in [6.07, 6.45) is -0.0680. The number of aryl methyl sites for hydroxylation is 1. The fraction of sp³-hybridized carbons (Fsp3) is 0.385. The summed E-state index contributed by atoms with van der Waals surface area (Å²) < 4.78 is 5.68. The molecule has 0 radical (unpaired) electrons. The van der Waals surface area contributed by atoms with E-state index in [9.17, 15) is 9.59 Å². The van der Waals surface area contributed by atoms with Gasteiger partial charge in [0.25, 0.3) is 0 Å². The summed E-state index contributed by atoms with van der Waals surface area (Å²) in [5, 5.41) is 8.83. The summed E-state index contributed by atoms with van der Waals surface area (Å²) in [6.45, 7) is 3.56. The van der Waals surface area contributed by atoms with Gasteiger partial charge in [-0.1, -0.05) is 6.07 Å². The smallest absolute Gasteiger partial charge is 0.307 e.